The molecule has 0 saturated carbocycles. The molecule has 2 saturated heterocycles. The van der Waals surface area contributed by atoms with Crippen LogP contribution in [-0.2, 0) is 10.0 Å². The van der Waals surface area contributed by atoms with Crippen LogP contribution in [0.1, 0.15) is 24.0 Å². The first-order valence-corrected chi connectivity index (χ1v) is 10.4. The van der Waals surface area contributed by atoms with E-state index >= 15 is 0 Å². The van der Waals surface area contributed by atoms with Crippen molar-refractivity contribution in [3.63, 3.8) is 0 Å². The molecule has 1 aromatic carbocycles. The topological polar surface area (TPSA) is 52.7 Å². The van der Waals surface area contributed by atoms with Crippen LogP contribution in [-0.4, -0.2) is 63.4 Å². The van der Waals surface area contributed by atoms with Gasteiger partial charge in [0.15, 0.2) is 0 Å². The van der Waals surface area contributed by atoms with E-state index < -0.39 is 10.0 Å². The van der Waals surface area contributed by atoms with Gasteiger partial charge in [-0.05, 0) is 69.0 Å². The monoisotopic (exact) mass is 351 g/mol. The first-order chi connectivity index (χ1) is 11.5. The van der Waals surface area contributed by atoms with Gasteiger partial charge in [-0.1, -0.05) is 6.07 Å². The Hall–Kier alpha value is -0.950. The van der Waals surface area contributed by atoms with Gasteiger partial charge in [0, 0.05) is 32.7 Å². The number of sulfonamides is 1. The van der Waals surface area contributed by atoms with E-state index in [0.717, 1.165) is 43.9 Å². The molecule has 134 valence electrons. The Bertz CT molecular complexity index is 661. The second kappa shape index (κ2) is 7.52. The van der Waals surface area contributed by atoms with Gasteiger partial charge in [-0.3, -0.25) is 0 Å². The molecule has 0 amide bonds. The normalized spacial score (nSPS) is 24.2. The minimum atomic E-state index is -3.36. The predicted octanol–water partition coefficient (Wildman–Crippen LogP) is 1.61. The second-order valence-corrected chi connectivity index (χ2v) is 9.10. The van der Waals surface area contributed by atoms with E-state index in [1.54, 1.807) is 16.4 Å². The first kappa shape index (κ1) is 17.9. The Kier molecular flexibility index (Phi) is 5.59. The number of piperazine rings is 1. The van der Waals surface area contributed by atoms with Crippen LogP contribution in [0.5, 0.6) is 0 Å². The highest BCUT2D eigenvalue weighted by Gasteiger charge is 2.29. The van der Waals surface area contributed by atoms with E-state index in [9.17, 15) is 8.42 Å². The van der Waals surface area contributed by atoms with Gasteiger partial charge in [0.2, 0.25) is 10.0 Å². The molecular formula is C18H29N3O2S. The Labute approximate surface area is 146 Å². The summed E-state index contributed by atoms with van der Waals surface area (Å²) in [5.74, 6) is 0.710. The molecular weight excluding hydrogens is 322 g/mol. The average molecular weight is 352 g/mol. The molecule has 0 spiro atoms. The standard InChI is InChI=1S/C18H29N3O2S/c1-15-5-6-18(12-16(15)2)24(22,23)21-10-8-20(9-11-21)14-17-4-3-7-19-13-17/h5-6,12,17,19H,3-4,7-11,13-14H2,1-2H3. The summed E-state index contributed by atoms with van der Waals surface area (Å²) >= 11 is 0. The number of rotatable bonds is 4. The third-order valence-corrected chi connectivity index (χ3v) is 7.26. The van der Waals surface area contributed by atoms with Crippen molar-refractivity contribution in [2.75, 3.05) is 45.8 Å². The molecule has 5 nitrogen and oxygen atoms in total. The second-order valence-electron chi connectivity index (χ2n) is 7.16. The van der Waals surface area contributed by atoms with E-state index in [4.69, 9.17) is 0 Å². The number of piperidine rings is 1. The van der Waals surface area contributed by atoms with E-state index in [1.807, 2.05) is 19.9 Å². The van der Waals surface area contributed by atoms with Crippen molar-refractivity contribution in [3.8, 4) is 0 Å². The largest absolute Gasteiger partial charge is 0.316 e. The molecule has 2 aliphatic rings. The maximum Gasteiger partial charge on any atom is 0.243 e. The molecule has 2 heterocycles. The lowest BCUT2D eigenvalue weighted by atomic mass is 9.99. The lowest BCUT2D eigenvalue weighted by molar-refractivity contribution is 0.154. The quantitative estimate of drug-likeness (QED) is 0.895. The summed E-state index contributed by atoms with van der Waals surface area (Å²) in [6.07, 6.45) is 2.54. The first-order valence-electron chi connectivity index (χ1n) is 8.97. The highest BCUT2D eigenvalue weighted by Crippen LogP contribution is 2.21. The summed E-state index contributed by atoms with van der Waals surface area (Å²) < 4.78 is 27.3. The summed E-state index contributed by atoms with van der Waals surface area (Å²) in [6.45, 7) is 10.1. The summed E-state index contributed by atoms with van der Waals surface area (Å²) in [5.41, 5.74) is 2.15. The molecule has 1 N–H and O–H groups in total. The summed E-state index contributed by atoms with van der Waals surface area (Å²) in [6, 6.07) is 5.43. The molecule has 3 rings (SSSR count). The number of benzene rings is 1. The van der Waals surface area contributed by atoms with Crippen molar-refractivity contribution in [3.05, 3.63) is 29.3 Å². The lowest BCUT2D eigenvalue weighted by Gasteiger charge is -2.36. The molecule has 6 heteroatoms. The molecule has 24 heavy (non-hydrogen) atoms. The summed E-state index contributed by atoms with van der Waals surface area (Å²) in [5, 5.41) is 3.46. The van der Waals surface area contributed by atoms with Crippen molar-refractivity contribution in [2.24, 2.45) is 5.92 Å². The lowest BCUT2D eigenvalue weighted by Crippen LogP contribution is -2.50. The van der Waals surface area contributed by atoms with Crippen LogP contribution in [0.25, 0.3) is 0 Å². The molecule has 0 aromatic heterocycles. The maximum absolute atomic E-state index is 12.8. The van der Waals surface area contributed by atoms with Crippen molar-refractivity contribution >= 4 is 10.0 Å². The number of nitrogens with zero attached hydrogens (tertiary/aromatic N) is 2. The molecule has 1 unspecified atom stereocenters. The zero-order valence-electron chi connectivity index (χ0n) is 14.8. The van der Waals surface area contributed by atoms with E-state index in [-0.39, 0.29) is 0 Å². The SMILES string of the molecule is Cc1ccc(S(=O)(=O)N2CCN(CC3CCCNC3)CC2)cc1C. The van der Waals surface area contributed by atoms with Crippen LogP contribution in [0.15, 0.2) is 23.1 Å². The summed E-state index contributed by atoms with van der Waals surface area (Å²) in [7, 11) is -3.36. The molecule has 2 aliphatic heterocycles. The minimum absolute atomic E-state index is 0.426. The van der Waals surface area contributed by atoms with Crippen molar-refractivity contribution in [1.29, 1.82) is 0 Å². The Morgan fingerprint density at radius 2 is 1.88 bits per heavy atom. The van der Waals surface area contributed by atoms with Crippen LogP contribution < -0.4 is 5.32 Å². The Morgan fingerprint density at radius 1 is 1.12 bits per heavy atom. The summed E-state index contributed by atoms with van der Waals surface area (Å²) in [4.78, 5) is 2.85. The van der Waals surface area contributed by atoms with Gasteiger partial charge in [-0.15, -0.1) is 0 Å². The van der Waals surface area contributed by atoms with E-state index in [1.165, 1.54) is 12.8 Å². The Balaban J connectivity index is 1.59. The fourth-order valence-corrected chi connectivity index (χ4v) is 5.13. The molecule has 0 bridgehead atoms. The highest BCUT2D eigenvalue weighted by atomic mass is 32.2. The number of aryl methyl sites for hydroxylation is 2. The molecule has 1 atom stereocenters. The fourth-order valence-electron chi connectivity index (χ4n) is 3.62. The molecule has 2 fully saturated rings. The maximum atomic E-state index is 12.8. The van der Waals surface area contributed by atoms with E-state index in [0.29, 0.717) is 23.9 Å². The number of nitrogens with one attached hydrogen (secondary N) is 1. The smallest absolute Gasteiger partial charge is 0.243 e. The van der Waals surface area contributed by atoms with Gasteiger partial charge in [0.25, 0.3) is 0 Å². The van der Waals surface area contributed by atoms with Gasteiger partial charge in [0.1, 0.15) is 0 Å². The molecule has 0 radical (unpaired) electrons. The van der Waals surface area contributed by atoms with Crippen molar-refractivity contribution < 1.29 is 8.42 Å². The van der Waals surface area contributed by atoms with Crippen LogP contribution >= 0.6 is 0 Å². The predicted molar refractivity (Wildman–Crippen MR) is 96.7 cm³/mol. The number of hydrogen-bond acceptors (Lipinski definition) is 4. The van der Waals surface area contributed by atoms with Crippen molar-refractivity contribution in [2.45, 2.75) is 31.6 Å². The van der Waals surface area contributed by atoms with Gasteiger partial charge < -0.3 is 10.2 Å². The minimum Gasteiger partial charge on any atom is -0.316 e. The van der Waals surface area contributed by atoms with Crippen LogP contribution in [0.4, 0.5) is 0 Å². The van der Waals surface area contributed by atoms with Crippen LogP contribution in [0.3, 0.4) is 0 Å². The van der Waals surface area contributed by atoms with Gasteiger partial charge in [-0.25, -0.2) is 8.42 Å². The molecule has 1 aromatic rings. The van der Waals surface area contributed by atoms with E-state index in [2.05, 4.69) is 10.2 Å². The zero-order chi connectivity index (χ0) is 17.2. The van der Waals surface area contributed by atoms with Crippen LogP contribution in [0, 0.1) is 19.8 Å². The van der Waals surface area contributed by atoms with Gasteiger partial charge in [-0.2, -0.15) is 4.31 Å². The fraction of sp³-hybridized carbons (Fsp3) is 0.667. The third-order valence-electron chi connectivity index (χ3n) is 5.36. The zero-order valence-corrected chi connectivity index (χ0v) is 15.6. The molecule has 0 aliphatic carbocycles. The van der Waals surface area contributed by atoms with Gasteiger partial charge >= 0.3 is 0 Å². The Morgan fingerprint density at radius 3 is 2.50 bits per heavy atom. The third kappa shape index (κ3) is 3.99. The number of hydrogen-bond donors (Lipinski definition) is 1. The van der Waals surface area contributed by atoms with Gasteiger partial charge in [0.05, 0.1) is 4.90 Å². The van der Waals surface area contributed by atoms with Crippen molar-refractivity contribution in [1.82, 2.24) is 14.5 Å². The van der Waals surface area contributed by atoms with Crippen LogP contribution in [0.2, 0.25) is 0 Å². The highest BCUT2D eigenvalue weighted by molar-refractivity contribution is 7.89. The average Bonchev–Trinajstić information content (AvgIpc) is 2.58.